The van der Waals surface area contributed by atoms with Crippen LogP contribution < -0.4 is 9.80 Å². The molecule has 0 radical (unpaired) electrons. The van der Waals surface area contributed by atoms with Gasteiger partial charge in [0.05, 0.1) is 0 Å². The number of aryl methyl sites for hydroxylation is 1. The predicted octanol–water partition coefficient (Wildman–Crippen LogP) is 3.40. The Hall–Kier alpha value is -2.10. The maximum absolute atomic E-state index is 4.69. The molecule has 0 atom stereocenters. The molecule has 0 unspecified atom stereocenters. The fraction of sp³-hybridized carbons (Fsp3) is 0.375. The lowest BCUT2D eigenvalue weighted by molar-refractivity contribution is 0.835. The molecule has 20 heavy (non-hydrogen) atoms. The Morgan fingerprint density at radius 2 is 1.65 bits per heavy atom. The molecule has 106 valence electrons. The summed E-state index contributed by atoms with van der Waals surface area (Å²) >= 11 is 0. The van der Waals surface area contributed by atoms with Gasteiger partial charge in [-0.2, -0.15) is 4.98 Å². The fourth-order valence-electron chi connectivity index (χ4n) is 2.16. The minimum absolute atomic E-state index is 0.734. The number of nitrogens with zero attached hydrogens (tertiary/aromatic N) is 4. The Morgan fingerprint density at radius 1 is 1.00 bits per heavy atom. The van der Waals surface area contributed by atoms with Crippen molar-refractivity contribution in [3.63, 3.8) is 0 Å². The van der Waals surface area contributed by atoms with Gasteiger partial charge in [-0.3, -0.25) is 0 Å². The smallest absolute Gasteiger partial charge is 0.231 e. The van der Waals surface area contributed by atoms with E-state index in [-0.39, 0.29) is 0 Å². The number of benzene rings is 1. The number of aromatic nitrogens is 2. The Bertz CT molecular complexity index is 550. The van der Waals surface area contributed by atoms with E-state index in [0.717, 1.165) is 36.2 Å². The number of hydrogen-bond acceptors (Lipinski definition) is 4. The van der Waals surface area contributed by atoms with Gasteiger partial charge in [0, 0.05) is 37.6 Å². The van der Waals surface area contributed by atoms with Crippen LogP contribution >= 0.6 is 0 Å². The first-order valence-corrected chi connectivity index (χ1v) is 7.05. The molecule has 0 spiro atoms. The van der Waals surface area contributed by atoms with E-state index in [1.165, 1.54) is 0 Å². The van der Waals surface area contributed by atoms with E-state index in [1.807, 2.05) is 43.1 Å². The molecule has 4 nitrogen and oxygen atoms in total. The summed E-state index contributed by atoms with van der Waals surface area (Å²) in [5.74, 6) is 1.72. The van der Waals surface area contributed by atoms with Crippen molar-refractivity contribution in [3.05, 3.63) is 42.1 Å². The summed E-state index contributed by atoms with van der Waals surface area (Å²) in [7, 11) is 2.00. The highest BCUT2D eigenvalue weighted by molar-refractivity contribution is 5.58. The first-order valence-electron chi connectivity index (χ1n) is 7.05. The van der Waals surface area contributed by atoms with Gasteiger partial charge in [0.2, 0.25) is 5.95 Å². The van der Waals surface area contributed by atoms with E-state index in [2.05, 4.69) is 35.9 Å². The highest BCUT2D eigenvalue weighted by Gasteiger charge is 2.11. The van der Waals surface area contributed by atoms with Gasteiger partial charge in [-0.15, -0.1) is 0 Å². The van der Waals surface area contributed by atoms with Crippen molar-refractivity contribution in [1.82, 2.24) is 9.97 Å². The molecule has 2 rings (SSSR count). The number of hydrogen-bond donors (Lipinski definition) is 0. The van der Waals surface area contributed by atoms with E-state index < -0.39 is 0 Å². The van der Waals surface area contributed by atoms with Crippen LogP contribution in [0.25, 0.3) is 0 Å². The molecule has 0 amide bonds. The lowest BCUT2D eigenvalue weighted by Gasteiger charge is -2.23. The van der Waals surface area contributed by atoms with E-state index >= 15 is 0 Å². The van der Waals surface area contributed by atoms with Crippen LogP contribution in [0.2, 0.25) is 0 Å². The van der Waals surface area contributed by atoms with Gasteiger partial charge in [-0.25, -0.2) is 4.98 Å². The average molecular weight is 270 g/mol. The van der Waals surface area contributed by atoms with Gasteiger partial charge in [-0.05, 0) is 32.9 Å². The summed E-state index contributed by atoms with van der Waals surface area (Å²) in [6.45, 7) is 8.18. The summed E-state index contributed by atoms with van der Waals surface area (Å²) in [6, 6.07) is 12.2. The highest BCUT2D eigenvalue weighted by Crippen LogP contribution is 2.22. The molecule has 0 aliphatic heterocycles. The maximum atomic E-state index is 4.69. The molecular formula is C16H22N4. The summed E-state index contributed by atoms with van der Waals surface area (Å²) in [5.41, 5.74) is 2.07. The van der Waals surface area contributed by atoms with Gasteiger partial charge in [0.1, 0.15) is 5.82 Å². The number of para-hydroxylation sites is 1. The molecular weight excluding hydrogens is 248 g/mol. The van der Waals surface area contributed by atoms with E-state index in [1.54, 1.807) is 0 Å². The first-order chi connectivity index (χ1) is 9.65. The monoisotopic (exact) mass is 270 g/mol. The molecule has 2 aromatic rings. The molecule has 1 heterocycles. The highest BCUT2D eigenvalue weighted by atomic mass is 15.3. The SMILES string of the molecule is CCN(CC)c1cc(C)nc(N(C)c2ccccc2)n1. The van der Waals surface area contributed by atoms with Crippen LogP contribution in [0, 0.1) is 6.92 Å². The van der Waals surface area contributed by atoms with Gasteiger partial charge in [0.15, 0.2) is 0 Å². The minimum atomic E-state index is 0.734. The van der Waals surface area contributed by atoms with Gasteiger partial charge >= 0.3 is 0 Å². The van der Waals surface area contributed by atoms with Crippen molar-refractivity contribution in [2.75, 3.05) is 29.9 Å². The van der Waals surface area contributed by atoms with Crippen molar-refractivity contribution in [2.45, 2.75) is 20.8 Å². The predicted molar refractivity (Wildman–Crippen MR) is 84.8 cm³/mol. The van der Waals surface area contributed by atoms with Gasteiger partial charge in [0.25, 0.3) is 0 Å². The quantitative estimate of drug-likeness (QED) is 0.833. The molecule has 0 aliphatic carbocycles. The average Bonchev–Trinajstić information content (AvgIpc) is 2.48. The third-order valence-corrected chi connectivity index (χ3v) is 3.36. The largest absolute Gasteiger partial charge is 0.357 e. The summed E-state index contributed by atoms with van der Waals surface area (Å²) in [4.78, 5) is 13.5. The topological polar surface area (TPSA) is 32.3 Å². The van der Waals surface area contributed by atoms with Crippen LogP contribution in [-0.4, -0.2) is 30.1 Å². The molecule has 1 aromatic heterocycles. The molecule has 0 aliphatic rings. The summed E-state index contributed by atoms with van der Waals surface area (Å²) < 4.78 is 0. The van der Waals surface area contributed by atoms with E-state index in [4.69, 9.17) is 4.98 Å². The minimum Gasteiger partial charge on any atom is -0.357 e. The lowest BCUT2D eigenvalue weighted by Crippen LogP contribution is -2.24. The number of anilines is 3. The Kier molecular flexibility index (Phi) is 4.56. The van der Waals surface area contributed by atoms with Crippen molar-refractivity contribution in [3.8, 4) is 0 Å². The molecule has 4 heteroatoms. The van der Waals surface area contributed by atoms with Crippen LogP contribution in [0.3, 0.4) is 0 Å². The maximum Gasteiger partial charge on any atom is 0.231 e. The zero-order valence-electron chi connectivity index (χ0n) is 12.7. The zero-order chi connectivity index (χ0) is 14.5. The normalized spacial score (nSPS) is 10.4. The molecule has 0 N–H and O–H groups in total. The fourth-order valence-corrected chi connectivity index (χ4v) is 2.16. The van der Waals surface area contributed by atoms with Crippen molar-refractivity contribution in [2.24, 2.45) is 0 Å². The summed E-state index contributed by atoms with van der Waals surface area (Å²) in [5, 5.41) is 0. The third-order valence-electron chi connectivity index (χ3n) is 3.36. The first kappa shape index (κ1) is 14.3. The molecule has 1 aromatic carbocycles. The second-order valence-corrected chi connectivity index (χ2v) is 4.73. The van der Waals surface area contributed by atoms with E-state index in [0.29, 0.717) is 0 Å². The van der Waals surface area contributed by atoms with Crippen LogP contribution in [-0.2, 0) is 0 Å². The molecule has 0 fully saturated rings. The standard InChI is InChI=1S/C16H22N4/c1-5-20(6-2)15-12-13(3)17-16(18-15)19(4)14-10-8-7-9-11-14/h7-12H,5-6H2,1-4H3. The van der Waals surface area contributed by atoms with Gasteiger partial charge < -0.3 is 9.80 Å². The second-order valence-electron chi connectivity index (χ2n) is 4.73. The van der Waals surface area contributed by atoms with Crippen LogP contribution in [0.5, 0.6) is 0 Å². The van der Waals surface area contributed by atoms with Crippen molar-refractivity contribution in [1.29, 1.82) is 0 Å². The van der Waals surface area contributed by atoms with E-state index in [9.17, 15) is 0 Å². The number of rotatable bonds is 5. The van der Waals surface area contributed by atoms with Crippen molar-refractivity contribution >= 4 is 17.5 Å². The molecule has 0 saturated carbocycles. The van der Waals surface area contributed by atoms with Crippen molar-refractivity contribution < 1.29 is 0 Å². The Morgan fingerprint density at radius 3 is 2.25 bits per heavy atom. The van der Waals surface area contributed by atoms with Crippen LogP contribution in [0.1, 0.15) is 19.5 Å². The molecule has 0 saturated heterocycles. The van der Waals surface area contributed by atoms with Gasteiger partial charge in [-0.1, -0.05) is 18.2 Å². The Balaban J connectivity index is 2.37. The third kappa shape index (κ3) is 3.07. The lowest BCUT2D eigenvalue weighted by atomic mass is 10.3. The second kappa shape index (κ2) is 6.37. The molecule has 0 bridgehead atoms. The zero-order valence-corrected chi connectivity index (χ0v) is 12.7. The Labute approximate surface area is 121 Å². The summed E-state index contributed by atoms with van der Waals surface area (Å²) in [6.07, 6.45) is 0. The van der Waals surface area contributed by atoms with Crippen LogP contribution in [0.4, 0.5) is 17.5 Å². The van der Waals surface area contributed by atoms with Crippen LogP contribution in [0.15, 0.2) is 36.4 Å².